The summed E-state index contributed by atoms with van der Waals surface area (Å²) in [6.45, 7) is 4.16. The minimum atomic E-state index is -0.0388. The van der Waals surface area contributed by atoms with Crippen LogP contribution < -0.4 is 10.6 Å². The summed E-state index contributed by atoms with van der Waals surface area (Å²) in [5, 5.41) is 10.4. The minimum Gasteiger partial charge on any atom is -0.348 e. The molecule has 102 valence electrons. The summed E-state index contributed by atoms with van der Waals surface area (Å²) >= 11 is 0. The zero-order chi connectivity index (χ0) is 12.3. The number of halogens is 1. The quantitative estimate of drug-likeness (QED) is 0.862. The first-order valence-electron chi connectivity index (χ1n) is 6.18. The fourth-order valence-electron chi connectivity index (χ4n) is 2.30. The second kappa shape index (κ2) is 6.75. The van der Waals surface area contributed by atoms with E-state index in [-0.39, 0.29) is 24.4 Å². The third-order valence-electron chi connectivity index (χ3n) is 3.45. The Balaban J connectivity index is 0.00000162. The number of aryl methyl sites for hydroxylation is 1. The van der Waals surface area contributed by atoms with Gasteiger partial charge in [0, 0.05) is 19.3 Å². The number of hydrogen-bond acceptors (Lipinski definition) is 3. The molecule has 2 N–H and O–H groups in total. The average Bonchev–Trinajstić information content (AvgIpc) is 2.76. The average molecular weight is 273 g/mol. The number of nitrogens with one attached hydrogen (secondary N) is 2. The fourth-order valence-corrected chi connectivity index (χ4v) is 2.30. The van der Waals surface area contributed by atoms with Gasteiger partial charge in [-0.1, -0.05) is 0 Å². The molecule has 1 fully saturated rings. The first kappa shape index (κ1) is 15.0. The van der Waals surface area contributed by atoms with Crippen LogP contribution >= 0.6 is 12.4 Å². The fraction of sp³-hybridized carbons (Fsp3) is 0.667. The van der Waals surface area contributed by atoms with E-state index in [9.17, 15) is 4.79 Å². The maximum absolute atomic E-state index is 12.0. The van der Waals surface area contributed by atoms with E-state index in [1.807, 2.05) is 0 Å². The largest absolute Gasteiger partial charge is 0.348 e. The number of aromatic nitrogens is 2. The molecule has 2 unspecified atom stereocenters. The minimum absolute atomic E-state index is 0. The summed E-state index contributed by atoms with van der Waals surface area (Å²) in [5.41, 5.74) is 0.612. The lowest BCUT2D eigenvalue weighted by atomic mass is 9.93. The van der Waals surface area contributed by atoms with Crippen molar-refractivity contribution in [2.45, 2.75) is 25.8 Å². The molecule has 1 aliphatic rings. The van der Waals surface area contributed by atoms with Gasteiger partial charge in [0.1, 0.15) is 5.69 Å². The van der Waals surface area contributed by atoms with E-state index < -0.39 is 0 Å². The molecule has 0 radical (unpaired) electrons. The highest BCUT2D eigenvalue weighted by Crippen LogP contribution is 2.14. The van der Waals surface area contributed by atoms with E-state index in [1.54, 1.807) is 24.0 Å². The molecule has 1 aromatic rings. The van der Waals surface area contributed by atoms with Crippen LogP contribution in [0.4, 0.5) is 0 Å². The third kappa shape index (κ3) is 3.46. The second-order valence-electron chi connectivity index (χ2n) is 4.71. The van der Waals surface area contributed by atoms with E-state index >= 15 is 0 Å². The van der Waals surface area contributed by atoms with E-state index in [1.165, 1.54) is 12.8 Å². The van der Waals surface area contributed by atoms with Crippen LogP contribution in [-0.4, -0.2) is 34.8 Å². The lowest BCUT2D eigenvalue weighted by Gasteiger charge is -2.28. The van der Waals surface area contributed by atoms with Gasteiger partial charge in [0.2, 0.25) is 0 Å². The standard InChI is InChI=1S/C12H20N4O.ClH/c1-9(10-4-3-6-13-8-10)15-12(17)11-5-7-14-16(11)2;/h5,7,9-10,13H,3-4,6,8H2,1-2H3,(H,15,17);1H. The van der Waals surface area contributed by atoms with Crippen LogP contribution in [0.25, 0.3) is 0 Å². The molecule has 2 rings (SSSR count). The van der Waals surface area contributed by atoms with Crippen molar-refractivity contribution in [3.63, 3.8) is 0 Å². The topological polar surface area (TPSA) is 59.0 Å². The van der Waals surface area contributed by atoms with E-state index in [4.69, 9.17) is 0 Å². The van der Waals surface area contributed by atoms with Crippen LogP contribution in [0.5, 0.6) is 0 Å². The van der Waals surface area contributed by atoms with Gasteiger partial charge in [-0.2, -0.15) is 5.10 Å². The van der Waals surface area contributed by atoms with Gasteiger partial charge < -0.3 is 10.6 Å². The number of carbonyl (C=O) groups excluding carboxylic acids is 1. The number of piperidine rings is 1. The summed E-state index contributed by atoms with van der Waals surface area (Å²) in [7, 11) is 1.78. The number of hydrogen-bond donors (Lipinski definition) is 2. The number of rotatable bonds is 3. The molecule has 5 nitrogen and oxygen atoms in total. The molecule has 0 saturated carbocycles. The Morgan fingerprint density at radius 2 is 2.44 bits per heavy atom. The third-order valence-corrected chi connectivity index (χ3v) is 3.45. The molecule has 1 aromatic heterocycles. The number of nitrogens with zero attached hydrogens (tertiary/aromatic N) is 2. The first-order valence-corrected chi connectivity index (χ1v) is 6.18. The van der Waals surface area contributed by atoms with Gasteiger partial charge in [-0.25, -0.2) is 0 Å². The predicted molar refractivity (Wildman–Crippen MR) is 73.0 cm³/mol. The second-order valence-corrected chi connectivity index (χ2v) is 4.71. The monoisotopic (exact) mass is 272 g/mol. The van der Waals surface area contributed by atoms with Crippen LogP contribution in [0.3, 0.4) is 0 Å². The van der Waals surface area contributed by atoms with Gasteiger partial charge in [-0.15, -0.1) is 12.4 Å². The molecule has 0 aliphatic carbocycles. The summed E-state index contributed by atoms with van der Waals surface area (Å²) in [4.78, 5) is 12.0. The summed E-state index contributed by atoms with van der Waals surface area (Å²) in [5.74, 6) is 0.490. The van der Waals surface area contributed by atoms with Gasteiger partial charge in [0.15, 0.2) is 0 Å². The SMILES string of the molecule is CC(NC(=O)c1ccnn1C)C1CCCNC1.Cl. The van der Waals surface area contributed by atoms with Crippen molar-refractivity contribution in [1.29, 1.82) is 0 Å². The molecule has 2 atom stereocenters. The van der Waals surface area contributed by atoms with Crippen molar-refractivity contribution in [2.24, 2.45) is 13.0 Å². The molecular weight excluding hydrogens is 252 g/mol. The van der Waals surface area contributed by atoms with Crippen LogP contribution in [0.15, 0.2) is 12.3 Å². The summed E-state index contributed by atoms with van der Waals surface area (Å²) < 4.78 is 1.60. The molecule has 1 aliphatic heterocycles. The number of amides is 1. The van der Waals surface area contributed by atoms with Crippen LogP contribution in [0, 0.1) is 5.92 Å². The molecule has 1 amide bonds. The van der Waals surface area contributed by atoms with Crippen LogP contribution in [0.1, 0.15) is 30.3 Å². The highest BCUT2D eigenvalue weighted by atomic mass is 35.5. The van der Waals surface area contributed by atoms with E-state index in [0.29, 0.717) is 11.6 Å². The zero-order valence-electron chi connectivity index (χ0n) is 10.8. The molecule has 18 heavy (non-hydrogen) atoms. The smallest absolute Gasteiger partial charge is 0.269 e. The lowest BCUT2D eigenvalue weighted by Crippen LogP contribution is -2.44. The normalized spacial score (nSPS) is 20.9. The lowest BCUT2D eigenvalue weighted by molar-refractivity contribution is 0.0912. The molecule has 6 heteroatoms. The first-order chi connectivity index (χ1) is 8.18. The Morgan fingerprint density at radius 1 is 1.67 bits per heavy atom. The van der Waals surface area contributed by atoms with Gasteiger partial charge in [-0.05, 0) is 44.8 Å². The van der Waals surface area contributed by atoms with Gasteiger partial charge >= 0.3 is 0 Å². The maximum atomic E-state index is 12.0. The molecule has 2 heterocycles. The highest BCUT2D eigenvalue weighted by molar-refractivity contribution is 5.92. The maximum Gasteiger partial charge on any atom is 0.269 e. The molecule has 0 aromatic carbocycles. The predicted octanol–water partition coefficient (Wildman–Crippen LogP) is 0.960. The van der Waals surface area contributed by atoms with Crippen LogP contribution in [-0.2, 0) is 7.05 Å². The van der Waals surface area contributed by atoms with E-state index in [0.717, 1.165) is 13.1 Å². The Bertz CT molecular complexity index is 387. The van der Waals surface area contributed by atoms with E-state index in [2.05, 4.69) is 22.7 Å². The van der Waals surface area contributed by atoms with Gasteiger partial charge in [0.25, 0.3) is 5.91 Å². The van der Waals surface area contributed by atoms with Gasteiger partial charge in [0.05, 0.1) is 0 Å². The molecular formula is C12H21ClN4O. The Hall–Kier alpha value is -1.07. The summed E-state index contributed by atoms with van der Waals surface area (Å²) in [6.07, 6.45) is 4.01. The molecule has 0 spiro atoms. The highest BCUT2D eigenvalue weighted by Gasteiger charge is 2.22. The van der Waals surface area contributed by atoms with Crippen molar-refractivity contribution in [3.05, 3.63) is 18.0 Å². The molecule has 0 bridgehead atoms. The van der Waals surface area contributed by atoms with Gasteiger partial charge in [-0.3, -0.25) is 9.48 Å². The zero-order valence-corrected chi connectivity index (χ0v) is 11.7. The van der Waals surface area contributed by atoms with Crippen molar-refractivity contribution < 1.29 is 4.79 Å². The Kier molecular flexibility index (Phi) is 5.62. The van der Waals surface area contributed by atoms with Crippen molar-refractivity contribution in [2.75, 3.05) is 13.1 Å². The van der Waals surface area contributed by atoms with Crippen LogP contribution in [0.2, 0.25) is 0 Å². The molecule has 1 saturated heterocycles. The Morgan fingerprint density at radius 3 is 3.00 bits per heavy atom. The number of carbonyl (C=O) groups is 1. The van der Waals surface area contributed by atoms with Crippen molar-refractivity contribution in [1.82, 2.24) is 20.4 Å². The van der Waals surface area contributed by atoms with Crippen molar-refractivity contribution in [3.8, 4) is 0 Å². The Labute approximate surface area is 114 Å². The van der Waals surface area contributed by atoms with Crippen molar-refractivity contribution >= 4 is 18.3 Å². The summed E-state index contributed by atoms with van der Waals surface area (Å²) in [6, 6.07) is 1.94.